The van der Waals surface area contributed by atoms with Gasteiger partial charge < -0.3 is 16.0 Å². The average Bonchev–Trinajstić information content (AvgIpc) is 2.63. The Labute approximate surface area is 110 Å². The summed E-state index contributed by atoms with van der Waals surface area (Å²) in [7, 11) is 0. The molecule has 1 aliphatic rings. The third kappa shape index (κ3) is 5.89. The van der Waals surface area contributed by atoms with Gasteiger partial charge in [0.15, 0.2) is 5.96 Å². The van der Waals surface area contributed by atoms with Crippen molar-refractivity contribution in [2.75, 3.05) is 26.2 Å². The minimum atomic E-state index is 0.114. The molecule has 1 atom stereocenters. The summed E-state index contributed by atoms with van der Waals surface area (Å²) in [5, 5.41) is 9.39. The lowest BCUT2D eigenvalue weighted by atomic mass is 10.1. The summed E-state index contributed by atoms with van der Waals surface area (Å²) >= 11 is 0. The molecule has 18 heavy (non-hydrogen) atoms. The molecule has 0 spiro atoms. The van der Waals surface area contributed by atoms with Crippen LogP contribution in [0.1, 0.15) is 39.5 Å². The molecule has 0 aromatic heterocycles. The minimum Gasteiger partial charge on any atom is -0.356 e. The predicted octanol–water partition coefficient (Wildman–Crippen LogP) is 0.868. The van der Waals surface area contributed by atoms with Gasteiger partial charge in [0.25, 0.3) is 0 Å². The lowest BCUT2D eigenvalue weighted by molar-refractivity contribution is -0.124. The van der Waals surface area contributed by atoms with E-state index in [4.69, 9.17) is 0 Å². The van der Waals surface area contributed by atoms with Gasteiger partial charge in [0.2, 0.25) is 5.91 Å². The van der Waals surface area contributed by atoms with Crippen LogP contribution in [-0.2, 0) is 4.79 Å². The van der Waals surface area contributed by atoms with Crippen LogP contribution < -0.4 is 16.0 Å². The van der Waals surface area contributed by atoms with E-state index in [-0.39, 0.29) is 11.8 Å². The highest BCUT2D eigenvalue weighted by molar-refractivity contribution is 5.80. The van der Waals surface area contributed by atoms with Crippen molar-refractivity contribution >= 4 is 11.9 Å². The summed E-state index contributed by atoms with van der Waals surface area (Å²) < 4.78 is 0. The van der Waals surface area contributed by atoms with Crippen LogP contribution >= 0.6 is 0 Å². The lowest BCUT2D eigenvalue weighted by Gasteiger charge is -2.13. The number of nitrogens with zero attached hydrogens (tertiary/aromatic N) is 1. The van der Waals surface area contributed by atoms with Crippen molar-refractivity contribution in [1.82, 2.24) is 16.0 Å². The van der Waals surface area contributed by atoms with Crippen molar-refractivity contribution in [2.24, 2.45) is 10.9 Å². The van der Waals surface area contributed by atoms with Crippen LogP contribution in [0.5, 0.6) is 0 Å². The monoisotopic (exact) mass is 254 g/mol. The maximum absolute atomic E-state index is 11.7. The molecular weight excluding hydrogens is 228 g/mol. The average molecular weight is 254 g/mol. The molecule has 0 unspecified atom stereocenters. The van der Waals surface area contributed by atoms with Gasteiger partial charge in [-0.25, -0.2) is 0 Å². The molecule has 3 N–H and O–H groups in total. The van der Waals surface area contributed by atoms with Gasteiger partial charge in [0.1, 0.15) is 0 Å². The van der Waals surface area contributed by atoms with E-state index in [9.17, 15) is 4.79 Å². The first kappa shape index (κ1) is 14.8. The maximum Gasteiger partial charge on any atom is 0.222 e. The van der Waals surface area contributed by atoms with Gasteiger partial charge in [-0.1, -0.05) is 20.3 Å². The van der Waals surface area contributed by atoms with Crippen LogP contribution in [0.2, 0.25) is 0 Å². The van der Waals surface area contributed by atoms with Crippen LogP contribution in [0.3, 0.4) is 0 Å². The van der Waals surface area contributed by atoms with E-state index in [0.717, 1.165) is 44.9 Å². The fraction of sp³-hybridized carbons (Fsp3) is 0.846. The number of carbonyl (C=O) groups excluding carboxylic acids is 1. The Morgan fingerprint density at radius 3 is 3.06 bits per heavy atom. The molecule has 0 aliphatic carbocycles. The van der Waals surface area contributed by atoms with Gasteiger partial charge in [-0.3, -0.25) is 9.79 Å². The molecular formula is C13H26N4O. The molecule has 1 heterocycles. The van der Waals surface area contributed by atoms with Crippen molar-refractivity contribution in [3.63, 3.8) is 0 Å². The van der Waals surface area contributed by atoms with Gasteiger partial charge in [-0.2, -0.15) is 0 Å². The van der Waals surface area contributed by atoms with E-state index in [1.54, 1.807) is 0 Å². The van der Waals surface area contributed by atoms with Crippen molar-refractivity contribution in [2.45, 2.75) is 39.5 Å². The van der Waals surface area contributed by atoms with Gasteiger partial charge in [-0.05, 0) is 19.3 Å². The first-order valence-corrected chi connectivity index (χ1v) is 7.04. The lowest BCUT2D eigenvalue weighted by Crippen LogP contribution is -2.42. The van der Waals surface area contributed by atoms with Gasteiger partial charge in [0.05, 0.1) is 0 Å². The van der Waals surface area contributed by atoms with Crippen LogP contribution in [0.15, 0.2) is 4.99 Å². The third-order valence-electron chi connectivity index (χ3n) is 3.03. The Kier molecular flexibility index (Phi) is 7.22. The molecule has 0 saturated carbocycles. The van der Waals surface area contributed by atoms with E-state index in [2.05, 4.69) is 27.9 Å². The highest BCUT2D eigenvalue weighted by Gasteiger charge is 2.10. The quantitative estimate of drug-likeness (QED) is 0.616. The number of guanidine groups is 1. The van der Waals surface area contributed by atoms with Crippen molar-refractivity contribution in [1.29, 1.82) is 0 Å². The molecule has 0 saturated heterocycles. The van der Waals surface area contributed by atoms with Crippen molar-refractivity contribution in [3.05, 3.63) is 0 Å². The number of hydrogen-bond donors (Lipinski definition) is 3. The first-order valence-electron chi connectivity index (χ1n) is 7.04. The van der Waals surface area contributed by atoms with Crippen molar-refractivity contribution in [3.8, 4) is 0 Å². The second kappa shape index (κ2) is 8.78. The third-order valence-corrected chi connectivity index (χ3v) is 3.03. The Morgan fingerprint density at radius 2 is 2.28 bits per heavy atom. The maximum atomic E-state index is 11.7. The number of carbonyl (C=O) groups is 1. The Bertz CT molecular complexity index is 278. The molecule has 5 nitrogen and oxygen atoms in total. The van der Waals surface area contributed by atoms with E-state index >= 15 is 0 Å². The molecule has 1 rings (SSSR count). The zero-order chi connectivity index (χ0) is 13.2. The zero-order valence-corrected chi connectivity index (χ0v) is 11.6. The van der Waals surface area contributed by atoms with Crippen LogP contribution in [0, 0.1) is 5.92 Å². The first-order chi connectivity index (χ1) is 8.74. The molecule has 0 fully saturated rings. The summed E-state index contributed by atoms with van der Waals surface area (Å²) in [4.78, 5) is 16.0. The summed E-state index contributed by atoms with van der Waals surface area (Å²) in [6, 6.07) is 0. The van der Waals surface area contributed by atoms with E-state index < -0.39 is 0 Å². The molecule has 5 heteroatoms. The number of nitrogens with one attached hydrogen (secondary N) is 3. The molecule has 0 aromatic carbocycles. The molecule has 1 aliphatic heterocycles. The molecule has 1 amide bonds. The Balaban J connectivity index is 2.10. The number of hydrogen-bond acceptors (Lipinski definition) is 4. The smallest absolute Gasteiger partial charge is 0.222 e. The second-order valence-corrected chi connectivity index (χ2v) is 4.77. The highest BCUT2D eigenvalue weighted by Crippen LogP contribution is 2.03. The van der Waals surface area contributed by atoms with Gasteiger partial charge >= 0.3 is 0 Å². The van der Waals surface area contributed by atoms with Crippen LogP contribution in [-0.4, -0.2) is 38.0 Å². The number of rotatable bonds is 6. The van der Waals surface area contributed by atoms with Gasteiger partial charge in [-0.15, -0.1) is 0 Å². The summed E-state index contributed by atoms with van der Waals surface area (Å²) in [6.07, 6.45) is 4.31. The highest BCUT2D eigenvalue weighted by atomic mass is 16.1. The molecule has 0 aromatic rings. The largest absolute Gasteiger partial charge is 0.356 e. The summed E-state index contributed by atoms with van der Waals surface area (Å²) in [5.74, 6) is 1.13. The van der Waals surface area contributed by atoms with Crippen LogP contribution in [0.4, 0.5) is 0 Å². The Morgan fingerprint density at radius 1 is 1.44 bits per heavy atom. The fourth-order valence-corrected chi connectivity index (χ4v) is 1.91. The molecule has 0 bridgehead atoms. The number of aliphatic imine (C=N–C) groups is 1. The summed E-state index contributed by atoms with van der Waals surface area (Å²) in [5.41, 5.74) is 0. The van der Waals surface area contributed by atoms with E-state index in [1.165, 1.54) is 6.42 Å². The van der Waals surface area contributed by atoms with Gasteiger partial charge in [0, 0.05) is 32.1 Å². The SMILES string of the molecule is CCC[C@H](C)C(=O)NCCNC1=NCCCCN1. The van der Waals surface area contributed by atoms with E-state index in [0.29, 0.717) is 6.54 Å². The minimum absolute atomic E-state index is 0.114. The summed E-state index contributed by atoms with van der Waals surface area (Å²) in [6.45, 7) is 7.30. The fourth-order valence-electron chi connectivity index (χ4n) is 1.91. The van der Waals surface area contributed by atoms with E-state index in [1.807, 2.05) is 6.92 Å². The van der Waals surface area contributed by atoms with Crippen molar-refractivity contribution < 1.29 is 4.79 Å². The predicted molar refractivity (Wildman–Crippen MR) is 74.6 cm³/mol. The topological polar surface area (TPSA) is 65.5 Å². The number of amides is 1. The molecule has 0 radical (unpaired) electrons. The molecule has 104 valence electrons. The van der Waals surface area contributed by atoms with Crippen LogP contribution in [0.25, 0.3) is 0 Å². The standard InChI is InChI=1S/C13H26N4O/c1-3-6-11(2)12(18)14-9-10-17-13-15-7-4-5-8-16-13/h11H,3-10H2,1-2H3,(H,14,18)(H2,15,16,17)/t11-/m0/s1. The Hall–Kier alpha value is -1.26. The normalized spacial score (nSPS) is 17.1. The zero-order valence-electron chi connectivity index (χ0n) is 11.6. The second-order valence-electron chi connectivity index (χ2n) is 4.77.